The van der Waals surface area contributed by atoms with Crippen LogP contribution in [0.5, 0.6) is 0 Å². The van der Waals surface area contributed by atoms with E-state index in [0.717, 1.165) is 12.8 Å². The standard InChI is InChI=1S/C11H19NO3/c1-7(2)6-12(9-4-5-9)10(13)8(3)11(14)15/h7-9H,4-6H2,1-3H3,(H,14,15). The summed E-state index contributed by atoms with van der Waals surface area (Å²) in [6, 6.07) is 0.293. The Kier molecular flexibility index (Phi) is 3.72. The van der Waals surface area contributed by atoms with Crippen molar-refractivity contribution in [1.29, 1.82) is 0 Å². The van der Waals surface area contributed by atoms with E-state index in [1.54, 1.807) is 4.90 Å². The van der Waals surface area contributed by atoms with Gasteiger partial charge < -0.3 is 10.0 Å². The fraction of sp³-hybridized carbons (Fsp3) is 0.818. The predicted octanol–water partition coefficient (Wildman–Crippen LogP) is 1.35. The van der Waals surface area contributed by atoms with Crippen molar-refractivity contribution >= 4 is 11.9 Å². The molecule has 1 aliphatic carbocycles. The van der Waals surface area contributed by atoms with Crippen molar-refractivity contribution in [1.82, 2.24) is 4.90 Å². The summed E-state index contributed by atoms with van der Waals surface area (Å²) >= 11 is 0. The van der Waals surface area contributed by atoms with Crippen LogP contribution in [0.25, 0.3) is 0 Å². The Bertz CT molecular complexity index is 259. The summed E-state index contributed by atoms with van der Waals surface area (Å²) in [7, 11) is 0. The Balaban J connectivity index is 2.62. The van der Waals surface area contributed by atoms with Crippen LogP contribution in [0.1, 0.15) is 33.6 Å². The van der Waals surface area contributed by atoms with Gasteiger partial charge in [0.1, 0.15) is 5.92 Å². The monoisotopic (exact) mass is 213 g/mol. The minimum absolute atomic E-state index is 0.237. The number of rotatable bonds is 5. The average Bonchev–Trinajstić information content (AvgIpc) is 2.94. The highest BCUT2D eigenvalue weighted by Crippen LogP contribution is 2.28. The van der Waals surface area contributed by atoms with Crippen LogP contribution in [0, 0.1) is 11.8 Å². The largest absolute Gasteiger partial charge is 0.481 e. The Morgan fingerprint density at radius 2 is 1.87 bits per heavy atom. The second kappa shape index (κ2) is 4.64. The molecule has 0 saturated heterocycles. The second-order valence-corrected chi connectivity index (χ2v) is 4.68. The highest BCUT2D eigenvalue weighted by molar-refractivity contribution is 5.96. The lowest BCUT2D eigenvalue weighted by molar-refractivity contribution is -0.150. The van der Waals surface area contributed by atoms with Crippen LogP contribution in [-0.2, 0) is 9.59 Å². The summed E-state index contributed by atoms with van der Waals surface area (Å²) in [6.45, 7) is 6.20. The van der Waals surface area contributed by atoms with E-state index in [1.807, 2.05) is 13.8 Å². The fourth-order valence-electron chi connectivity index (χ4n) is 1.55. The first-order chi connectivity index (χ1) is 6.93. The van der Waals surface area contributed by atoms with Gasteiger partial charge in [0.2, 0.25) is 5.91 Å². The highest BCUT2D eigenvalue weighted by Gasteiger charge is 2.36. The van der Waals surface area contributed by atoms with Crippen LogP contribution in [0.4, 0.5) is 0 Å². The van der Waals surface area contributed by atoms with Gasteiger partial charge in [0, 0.05) is 12.6 Å². The van der Waals surface area contributed by atoms with Crippen molar-refractivity contribution in [3.63, 3.8) is 0 Å². The third kappa shape index (κ3) is 3.22. The van der Waals surface area contributed by atoms with E-state index >= 15 is 0 Å². The maximum atomic E-state index is 11.8. The van der Waals surface area contributed by atoms with Gasteiger partial charge in [0.15, 0.2) is 0 Å². The van der Waals surface area contributed by atoms with Crippen LogP contribution in [0.3, 0.4) is 0 Å². The van der Waals surface area contributed by atoms with Crippen molar-refractivity contribution < 1.29 is 14.7 Å². The molecule has 1 N–H and O–H groups in total. The van der Waals surface area contributed by atoms with Crippen molar-refractivity contribution in [2.24, 2.45) is 11.8 Å². The Hall–Kier alpha value is -1.06. The zero-order valence-electron chi connectivity index (χ0n) is 9.56. The Morgan fingerprint density at radius 3 is 2.20 bits per heavy atom. The van der Waals surface area contributed by atoms with Crippen LogP contribution < -0.4 is 0 Å². The number of aliphatic carboxylic acids is 1. The molecule has 0 heterocycles. The number of hydrogen-bond donors (Lipinski definition) is 1. The SMILES string of the molecule is CC(C)CN(C(=O)C(C)C(=O)O)C1CC1. The predicted molar refractivity (Wildman–Crippen MR) is 56.4 cm³/mol. The van der Waals surface area contributed by atoms with Gasteiger partial charge >= 0.3 is 5.97 Å². The molecule has 1 amide bonds. The molecule has 1 aliphatic rings. The van der Waals surface area contributed by atoms with Gasteiger partial charge in [0.25, 0.3) is 0 Å². The molecule has 0 aromatic rings. The Morgan fingerprint density at radius 1 is 1.33 bits per heavy atom. The van der Waals surface area contributed by atoms with Crippen molar-refractivity contribution in [3.05, 3.63) is 0 Å². The summed E-state index contributed by atoms with van der Waals surface area (Å²) < 4.78 is 0. The van der Waals surface area contributed by atoms with Gasteiger partial charge in [-0.25, -0.2) is 0 Å². The molecule has 0 spiro atoms. The molecule has 4 heteroatoms. The van der Waals surface area contributed by atoms with Crippen LogP contribution in [-0.4, -0.2) is 34.5 Å². The molecule has 0 aromatic carbocycles. The molecule has 1 saturated carbocycles. The maximum Gasteiger partial charge on any atom is 0.315 e. The van der Waals surface area contributed by atoms with E-state index < -0.39 is 11.9 Å². The number of carbonyl (C=O) groups is 2. The third-order valence-electron chi connectivity index (χ3n) is 2.57. The lowest BCUT2D eigenvalue weighted by atomic mass is 10.1. The van der Waals surface area contributed by atoms with Crippen molar-refractivity contribution in [2.45, 2.75) is 39.7 Å². The zero-order valence-corrected chi connectivity index (χ0v) is 9.56. The number of nitrogens with zero attached hydrogens (tertiary/aromatic N) is 1. The van der Waals surface area contributed by atoms with E-state index in [4.69, 9.17) is 5.11 Å². The number of amides is 1. The van der Waals surface area contributed by atoms with Crippen LogP contribution >= 0.6 is 0 Å². The summed E-state index contributed by atoms with van der Waals surface area (Å²) in [5, 5.41) is 8.79. The minimum atomic E-state index is -1.03. The van der Waals surface area contributed by atoms with Gasteiger partial charge in [0.05, 0.1) is 0 Å². The van der Waals surface area contributed by atoms with Gasteiger partial charge in [-0.1, -0.05) is 13.8 Å². The van der Waals surface area contributed by atoms with E-state index in [1.165, 1.54) is 6.92 Å². The summed E-state index contributed by atoms with van der Waals surface area (Å²) in [6.07, 6.45) is 2.04. The molecule has 4 nitrogen and oxygen atoms in total. The van der Waals surface area contributed by atoms with Gasteiger partial charge in [-0.2, -0.15) is 0 Å². The minimum Gasteiger partial charge on any atom is -0.481 e. The summed E-state index contributed by atoms with van der Waals surface area (Å²) in [4.78, 5) is 24.3. The van der Waals surface area contributed by atoms with Crippen LogP contribution in [0.2, 0.25) is 0 Å². The molecule has 86 valence electrons. The van der Waals surface area contributed by atoms with Gasteiger partial charge in [-0.15, -0.1) is 0 Å². The average molecular weight is 213 g/mol. The quantitative estimate of drug-likeness (QED) is 0.701. The molecule has 1 fully saturated rings. The number of carboxylic acids is 1. The smallest absolute Gasteiger partial charge is 0.315 e. The van der Waals surface area contributed by atoms with Gasteiger partial charge in [-0.3, -0.25) is 9.59 Å². The molecule has 1 atom stereocenters. The first-order valence-corrected chi connectivity index (χ1v) is 5.46. The second-order valence-electron chi connectivity index (χ2n) is 4.68. The van der Waals surface area contributed by atoms with E-state index in [0.29, 0.717) is 18.5 Å². The fourth-order valence-corrected chi connectivity index (χ4v) is 1.55. The lowest BCUT2D eigenvalue weighted by Gasteiger charge is -2.26. The van der Waals surface area contributed by atoms with Gasteiger partial charge in [-0.05, 0) is 25.7 Å². The molecular weight excluding hydrogens is 194 g/mol. The molecule has 1 unspecified atom stereocenters. The molecule has 0 bridgehead atoms. The molecule has 0 aromatic heterocycles. The molecule has 0 radical (unpaired) electrons. The molecule has 0 aliphatic heterocycles. The van der Waals surface area contributed by atoms with Crippen molar-refractivity contribution in [2.75, 3.05) is 6.54 Å². The maximum absolute atomic E-state index is 11.8. The molecular formula is C11H19NO3. The topological polar surface area (TPSA) is 57.6 Å². The number of carboxylic acid groups (broad SMARTS) is 1. The highest BCUT2D eigenvalue weighted by atomic mass is 16.4. The first-order valence-electron chi connectivity index (χ1n) is 5.46. The third-order valence-corrected chi connectivity index (χ3v) is 2.57. The molecule has 15 heavy (non-hydrogen) atoms. The summed E-state index contributed by atoms with van der Waals surface area (Å²) in [5.41, 5.74) is 0. The van der Waals surface area contributed by atoms with E-state index in [2.05, 4.69) is 0 Å². The summed E-state index contributed by atoms with van der Waals surface area (Å²) in [5.74, 6) is -1.80. The number of carbonyl (C=O) groups excluding carboxylic acids is 1. The van der Waals surface area contributed by atoms with Crippen LogP contribution in [0.15, 0.2) is 0 Å². The lowest BCUT2D eigenvalue weighted by Crippen LogP contribution is -2.41. The molecule has 1 rings (SSSR count). The normalized spacial score (nSPS) is 17.6. The van der Waals surface area contributed by atoms with E-state index in [9.17, 15) is 9.59 Å². The zero-order chi connectivity index (χ0) is 11.6. The van der Waals surface area contributed by atoms with E-state index in [-0.39, 0.29) is 5.91 Å². The van der Waals surface area contributed by atoms with Crippen molar-refractivity contribution in [3.8, 4) is 0 Å². The first kappa shape index (κ1) is 12.0. The Labute approximate surface area is 90.3 Å². The number of hydrogen-bond acceptors (Lipinski definition) is 2.